The van der Waals surface area contributed by atoms with Crippen LogP contribution in [0.1, 0.15) is 71.7 Å². The van der Waals surface area contributed by atoms with E-state index in [0.717, 1.165) is 81.5 Å². The monoisotopic (exact) mass is 648 g/mol. The van der Waals surface area contributed by atoms with Crippen LogP contribution in [0.5, 0.6) is 5.75 Å². The van der Waals surface area contributed by atoms with E-state index in [1.54, 1.807) is 7.11 Å². The molecule has 2 fully saturated rings. The highest BCUT2D eigenvalue weighted by Crippen LogP contribution is 2.27. The second-order valence-electron chi connectivity index (χ2n) is 13.1. The lowest BCUT2D eigenvalue weighted by molar-refractivity contribution is 0.0902. The number of anilines is 2. The summed E-state index contributed by atoms with van der Waals surface area (Å²) in [4.78, 5) is 36.7. The zero-order chi connectivity index (χ0) is 33.3. The predicted molar refractivity (Wildman–Crippen MR) is 192 cm³/mol. The zero-order valence-electron chi connectivity index (χ0n) is 28.2. The van der Waals surface area contributed by atoms with E-state index < -0.39 is 0 Å². The van der Waals surface area contributed by atoms with E-state index in [2.05, 4.69) is 56.9 Å². The molecule has 3 heterocycles. The highest BCUT2D eigenvalue weighted by molar-refractivity contribution is 6.03. The molecule has 1 aromatic heterocycles. The Balaban J connectivity index is 1.11. The summed E-state index contributed by atoms with van der Waals surface area (Å²) in [6.07, 6.45) is 6.16. The van der Waals surface area contributed by atoms with E-state index in [9.17, 15) is 9.59 Å². The van der Waals surface area contributed by atoms with Crippen LogP contribution in [-0.4, -0.2) is 78.5 Å². The fraction of sp³-hybridized carbons (Fsp3) is 0.410. The molecule has 3 aromatic carbocycles. The summed E-state index contributed by atoms with van der Waals surface area (Å²) < 4.78 is 5.44. The number of piperidine rings is 2. The molecule has 2 amide bonds. The van der Waals surface area contributed by atoms with Crippen molar-refractivity contribution in [3.05, 3.63) is 95.6 Å². The van der Waals surface area contributed by atoms with Gasteiger partial charge in [-0.25, -0.2) is 4.98 Å². The van der Waals surface area contributed by atoms with Crippen LogP contribution in [0.4, 0.5) is 11.5 Å². The molecule has 6 rings (SSSR count). The Hall–Kier alpha value is -4.47. The average Bonchev–Trinajstić information content (AvgIpc) is 3.12. The van der Waals surface area contributed by atoms with Crippen LogP contribution in [0.25, 0.3) is 10.9 Å². The third-order valence-corrected chi connectivity index (χ3v) is 9.60. The molecule has 252 valence electrons. The highest BCUT2D eigenvalue weighted by Gasteiger charge is 2.24. The second-order valence-corrected chi connectivity index (χ2v) is 13.1. The molecule has 4 aromatic rings. The van der Waals surface area contributed by atoms with Gasteiger partial charge < -0.3 is 25.6 Å². The number of unbranched alkanes of at least 4 members (excludes halogenated alkanes) is 1. The lowest BCUT2D eigenvalue weighted by Crippen LogP contribution is -2.44. The minimum absolute atomic E-state index is 0.0544. The first-order valence-electron chi connectivity index (χ1n) is 17.4. The normalized spacial score (nSPS) is 16.5. The Bertz CT molecular complexity index is 1660. The number of nitrogens with zero attached hydrogens (tertiary/aromatic N) is 3. The van der Waals surface area contributed by atoms with Crippen molar-refractivity contribution in [1.82, 2.24) is 25.4 Å². The van der Waals surface area contributed by atoms with Gasteiger partial charge in [0, 0.05) is 61.4 Å². The lowest BCUT2D eigenvalue weighted by Gasteiger charge is -2.32. The van der Waals surface area contributed by atoms with E-state index >= 15 is 0 Å². The topological polar surface area (TPSA) is 98.8 Å². The number of rotatable bonds is 12. The molecule has 0 radical (unpaired) electrons. The number of likely N-dealkylation sites (tertiary alicyclic amines) is 2. The predicted octanol–water partition coefficient (Wildman–Crippen LogP) is 6.38. The van der Waals surface area contributed by atoms with Gasteiger partial charge in [0.15, 0.2) is 0 Å². The number of hydrogen-bond acceptors (Lipinski definition) is 7. The van der Waals surface area contributed by atoms with Crippen LogP contribution in [0.2, 0.25) is 0 Å². The Morgan fingerprint density at radius 1 is 0.812 bits per heavy atom. The molecular weight excluding hydrogens is 600 g/mol. The van der Waals surface area contributed by atoms with Gasteiger partial charge in [0.25, 0.3) is 11.8 Å². The molecule has 0 unspecified atom stereocenters. The van der Waals surface area contributed by atoms with Crippen molar-refractivity contribution in [2.24, 2.45) is 0 Å². The number of benzene rings is 3. The fourth-order valence-electron chi connectivity index (χ4n) is 6.68. The summed E-state index contributed by atoms with van der Waals surface area (Å²) in [6.45, 7) is 8.20. The van der Waals surface area contributed by atoms with Crippen LogP contribution in [0.3, 0.4) is 0 Å². The lowest BCUT2D eigenvalue weighted by atomic mass is 10.0. The molecule has 2 saturated heterocycles. The van der Waals surface area contributed by atoms with Crippen LogP contribution >= 0.6 is 0 Å². The number of pyridine rings is 1. The summed E-state index contributed by atoms with van der Waals surface area (Å²) in [6, 6.07) is 25.7. The van der Waals surface area contributed by atoms with Gasteiger partial charge in [0.1, 0.15) is 11.6 Å². The number of aromatic nitrogens is 1. The molecule has 9 nitrogen and oxygen atoms in total. The van der Waals surface area contributed by atoms with Crippen molar-refractivity contribution >= 4 is 34.2 Å². The molecule has 0 atom stereocenters. The molecule has 2 aliphatic heterocycles. The second kappa shape index (κ2) is 16.1. The molecule has 2 aliphatic rings. The van der Waals surface area contributed by atoms with Gasteiger partial charge in [-0.15, -0.1) is 0 Å². The van der Waals surface area contributed by atoms with E-state index in [-0.39, 0.29) is 23.9 Å². The van der Waals surface area contributed by atoms with Gasteiger partial charge in [-0.2, -0.15) is 0 Å². The number of fused-ring (bicyclic) bond motifs is 1. The van der Waals surface area contributed by atoms with Crippen LogP contribution in [0, 0.1) is 0 Å². The Morgan fingerprint density at radius 3 is 2.15 bits per heavy atom. The van der Waals surface area contributed by atoms with Crippen LogP contribution < -0.4 is 20.7 Å². The highest BCUT2D eigenvalue weighted by atomic mass is 16.5. The zero-order valence-corrected chi connectivity index (χ0v) is 28.2. The first-order valence-corrected chi connectivity index (χ1v) is 17.4. The summed E-state index contributed by atoms with van der Waals surface area (Å²) in [5, 5.41) is 10.7. The molecule has 3 N–H and O–H groups in total. The van der Waals surface area contributed by atoms with Gasteiger partial charge in [-0.05, 0) is 92.7 Å². The van der Waals surface area contributed by atoms with Gasteiger partial charge in [-0.3, -0.25) is 14.5 Å². The van der Waals surface area contributed by atoms with Gasteiger partial charge in [0.05, 0.1) is 18.2 Å². The number of methoxy groups -OCH3 is 1. The van der Waals surface area contributed by atoms with Gasteiger partial charge in [-0.1, -0.05) is 43.7 Å². The maximum absolute atomic E-state index is 13.8. The Labute approximate surface area is 284 Å². The first-order chi connectivity index (χ1) is 23.5. The molecule has 0 aliphatic carbocycles. The van der Waals surface area contributed by atoms with Crippen molar-refractivity contribution < 1.29 is 14.3 Å². The van der Waals surface area contributed by atoms with Gasteiger partial charge >= 0.3 is 0 Å². The fourth-order valence-corrected chi connectivity index (χ4v) is 6.68. The Kier molecular flexibility index (Phi) is 11.2. The number of amides is 2. The Morgan fingerprint density at radius 2 is 1.48 bits per heavy atom. The van der Waals surface area contributed by atoms with Crippen LogP contribution in [-0.2, 0) is 6.54 Å². The SMILES string of the molecule is CCCCN1CCC(NC(=O)c2ccc(Nc3nc4ccc(OC)cc4cc3C(=O)NC3CCN(Cc4ccccc4)CC3)cc2)CC1. The van der Waals surface area contributed by atoms with Crippen molar-refractivity contribution in [3.8, 4) is 5.75 Å². The van der Waals surface area contributed by atoms with E-state index in [1.165, 1.54) is 18.4 Å². The molecular formula is C39H48N6O3. The standard InChI is InChI=1S/C39H48N6O3/c1-3-4-20-44-21-16-32(17-22-44)41-38(46)29-10-12-31(13-11-29)40-37-35(26-30-25-34(48-2)14-15-36(30)43-37)39(47)42-33-18-23-45(24-19-33)27-28-8-6-5-7-9-28/h5-15,25-26,32-33H,3-4,16-24,27H2,1-2H3,(H,40,43)(H,41,46)(H,42,47). The van der Waals surface area contributed by atoms with E-state index in [1.807, 2.05) is 54.6 Å². The maximum atomic E-state index is 13.8. The largest absolute Gasteiger partial charge is 0.497 e. The van der Waals surface area contributed by atoms with Crippen LogP contribution in [0.15, 0.2) is 78.9 Å². The maximum Gasteiger partial charge on any atom is 0.255 e. The van der Waals surface area contributed by atoms with Gasteiger partial charge in [0.2, 0.25) is 0 Å². The quantitative estimate of drug-likeness (QED) is 0.164. The third kappa shape index (κ3) is 8.70. The number of nitrogens with one attached hydrogen (secondary N) is 3. The van der Waals surface area contributed by atoms with Crippen molar-refractivity contribution in [1.29, 1.82) is 0 Å². The average molecular weight is 649 g/mol. The van der Waals surface area contributed by atoms with Crippen molar-refractivity contribution in [3.63, 3.8) is 0 Å². The molecule has 48 heavy (non-hydrogen) atoms. The van der Waals surface area contributed by atoms with E-state index in [4.69, 9.17) is 9.72 Å². The number of carbonyl (C=O) groups excluding carboxylic acids is 2. The minimum Gasteiger partial charge on any atom is -0.497 e. The number of carbonyl (C=O) groups is 2. The van der Waals surface area contributed by atoms with Crippen molar-refractivity contribution in [2.75, 3.05) is 45.2 Å². The summed E-state index contributed by atoms with van der Waals surface area (Å²) in [5.74, 6) is 0.964. The first kappa shape index (κ1) is 33.4. The molecule has 0 bridgehead atoms. The number of ether oxygens (including phenoxy) is 1. The molecule has 9 heteroatoms. The summed E-state index contributed by atoms with van der Waals surface area (Å²) in [7, 11) is 1.63. The van der Waals surface area contributed by atoms with E-state index in [0.29, 0.717) is 22.7 Å². The summed E-state index contributed by atoms with van der Waals surface area (Å²) in [5.41, 5.74) is 3.89. The molecule has 0 saturated carbocycles. The van der Waals surface area contributed by atoms with Crippen molar-refractivity contribution in [2.45, 2.75) is 64.1 Å². The smallest absolute Gasteiger partial charge is 0.255 e. The minimum atomic E-state index is -0.159. The number of hydrogen-bond donors (Lipinski definition) is 3. The third-order valence-electron chi connectivity index (χ3n) is 9.60. The molecule has 0 spiro atoms. The summed E-state index contributed by atoms with van der Waals surface area (Å²) >= 11 is 0.